The normalized spacial score (nSPS) is 17.8. The molecule has 102 valence electrons. The van der Waals surface area contributed by atoms with Gasteiger partial charge in [0, 0.05) is 6.54 Å². The van der Waals surface area contributed by atoms with Crippen LogP contribution >= 0.6 is 11.8 Å². The van der Waals surface area contributed by atoms with Crippen LogP contribution in [-0.2, 0) is 4.79 Å². The van der Waals surface area contributed by atoms with E-state index in [0.717, 1.165) is 23.0 Å². The lowest BCUT2D eigenvalue weighted by Gasteiger charge is -2.18. The van der Waals surface area contributed by atoms with Crippen LogP contribution in [0.25, 0.3) is 0 Å². The summed E-state index contributed by atoms with van der Waals surface area (Å²) in [6.07, 6.45) is 0. The van der Waals surface area contributed by atoms with Crippen LogP contribution in [0.5, 0.6) is 0 Å². The molecule has 0 aromatic heterocycles. The van der Waals surface area contributed by atoms with Gasteiger partial charge in [0.1, 0.15) is 0 Å². The van der Waals surface area contributed by atoms with Gasteiger partial charge in [-0.3, -0.25) is 9.69 Å². The molecule has 1 fully saturated rings. The van der Waals surface area contributed by atoms with Gasteiger partial charge in [0.2, 0.25) is 5.91 Å². The van der Waals surface area contributed by atoms with Gasteiger partial charge in [0.15, 0.2) is 5.17 Å². The molecule has 0 radical (unpaired) electrons. The van der Waals surface area contributed by atoms with Gasteiger partial charge in [0.05, 0.1) is 11.4 Å². The van der Waals surface area contributed by atoms with Crippen molar-refractivity contribution in [2.24, 2.45) is 10.9 Å². The molecule has 0 spiro atoms. The second-order valence-electron chi connectivity index (χ2n) is 5.37. The zero-order chi connectivity index (χ0) is 14.0. The van der Waals surface area contributed by atoms with Crippen LogP contribution in [0.4, 0.5) is 5.69 Å². The minimum Gasteiger partial charge on any atom is -0.290 e. The fourth-order valence-electron chi connectivity index (χ4n) is 2.06. The van der Waals surface area contributed by atoms with Crippen LogP contribution < -0.4 is 0 Å². The summed E-state index contributed by atoms with van der Waals surface area (Å²) in [6.45, 7) is 9.11. The number of aliphatic imine (C=N–C) groups is 1. The number of amidine groups is 1. The van der Waals surface area contributed by atoms with E-state index in [4.69, 9.17) is 0 Å². The van der Waals surface area contributed by atoms with E-state index in [0.29, 0.717) is 11.7 Å². The van der Waals surface area contributed by atoms with Crippen molar-refractivity contribution in [2.75, 3.05) is 12.3 Å². The van der Waals surface area contributed by atoms with Gasteiger partial charge in [-0.1, -0.05) is 43.3 Å². The molecule has 19 heavy (non-hydrogen) atoms. The summed E-state index contributed by atoms with van der Waals surface area (Å²) in [4.78, 5) is 18.4. The number of thioether (sulfide) groups is 1. The van der Waals surface area contributed by atoms with Gasteiger partial charge in [-0.25, -0.2) is 4.99 Å². The van der Waals surface area contributed by atoms with E-state index in [2.05, 4.69) is 44.8 Å². The number of aryl methyl sites for hydroxylation is 2. The van der Waals surface area contributed by atoms with Crippen molar-refractivity contribution in [2.45, 2.75) is 27.7 Å². The summed E-state index contributed by atoms with van der Waals surface area (Å²) in [7, 11) is 0. The predicted molar refractivity (Wildman–Crippen MR) is 82.0 cm³/mol. The van der Waals surface area contributed by atoms with Crippen molar-refractivity contribution in [3.63, 3.8) is 0 Å². The van der Waals surface area contributed by atoms with Crippen LogP contribution in [0.15, 0.2) is 23.2 Å². The quantitative estimate of drug-likeness (QED) is 0.846. The van der Waals surface area contributed by atoms with Gasteiger partial charge in [-0.15, -0.1) is 0 Å². The molecular formula is C15H20N2OS. The van der Waals surface area contributed by atoms with Gasteiger partial charge in [-0.2, -0.15) is 0 Å². The molecule has 1 aliphatic rings. The van der Waals surface area contributed by atoms with E-state index in [9.17, 15) is 4.79 Å². The zero-order valence-electron chi connectivity index (χ0n) is 11.9. The number of nitrogens with zero attached hydrogens (tertiary/aromatic N) is 2. The van der Waals surface area contributed by atoms with Crippen molar-refractivity contribution in [1.29, 1.82) is 0 Å². The number of benzene rings is 1. The molecule has 2 rings (SSSR count). The van der Waals surface area contributed by atoms with Crippen molar-refractivity contribution >= 4 is 28.5 Å². The fourth-order valence-corrected chi connectivity index (χ4v) is 2.96. The minimum atomic E-state index is 0.169. The third-order valence-corrected chi connectivity index (χ3v) is 3.93. The monoisotopic (exact) mass is 276 g/mol. The van der Waals surface area contributed by atoms with Gasteiger partial charge < -0.3 is 0 Å². The van der Waals surface area contributed by atoms with Crippen molar-refractivity contribution in [3.8, 4) is 0 Å². The molecule has 4 heteroatoms. The van der Waals surface area contributed by atoms with E-state index < -0.39 is 0 Å². The molecule has 0 unspecified atom stereocenters. The van der Waals surface area contributed by atoms with Crippen LogP contribution in [0, 0.1) is 19.8 Å². The smallest absolute Gasteiger partial charge is 0.239 e. The van der Waals surface area contributed by atoms with Crippen LogP contribution in [0.2, 0.25) is 0 Å². The maximum absolute atomic E-state index is 11.9. The Hall–Kier alpha value is -1.29. The Bertz CT molecular complexity index is 523. The minimum absolute atomic E-state index is 0.169. The van der Waals surface area contributed by atoms with Crippen molar-refractivity contribution in [3.05, 3.63) is 29.3 Å². The van der Waals surface area contributed by atoms with Gasteiger partial charge in [0.25, 0.3) is 0 Å². The highest BCUT2D eigenvalue weighted by molar-refractivity contribution is 8.15. The Morgan fingerprint density at radius 2 is 2.11 bits per heavy atom. The highest BCUT2D eigenvalue weighted by Crippen LogP contribution is 2.26. The van der Waals surface area contributed by atoms with E-state index in [1.54, 1.807) is 0 Å². The summed E-state index contributed by atoms with van der Waals surface area (Å²) < 4.78 is 0. The molecule has 0 aliphatic carbocycles. The number of carbonyl (C=O) groups is 1. The first-order valence-corrected chi connectivity index (χ1v) is 7.55. The third kappa shape index (κ3) is 3.38. The fraction of sp³-hybridized carbons (Fsp3) is 0.467. The van der Waals surface area contributed by atoms with E-state index >= 15 is 0 Å². The molecule has 1 heterocycles. The average molecular weight is 276 g/mol. The molecule has 1 aromatic rings. The molecule has 1 saturated heterocycles. The lowest BCUT2D eigenvalue weighted by atomic mass is 10.1. The summed E-state index contributed by atoms with van der Waals surface area (Å²) >= 11 is 1.53. The second kappa shape index (κ2) is 5.78. The standard InChI is InChI=1S/C15H20N2OS/c1-10(2)8-17-14(18)9-19-15(17)16-13-6-5-11(3)7-12(13)4/h5-7,10H,8-9H2,1-4H3. The van der Waals surface area contributed by atoms with Crippen LogP contribution in [0.1, 0.15) is 25.0 Å². The lowest BCUT2D eigenvalue weighted by molar-refractivity contribution is -0.124. The Kier molecular flexibility index (Phi) is 4.30. The molecule has 0 N–H and O–H groups in total. The van der Waals surface area contributed by atoms with E-state index in [1.165, 1.54) is 17.3 Å². The number of rotatable bonds is 3. The van der Waals surface area contributed by atoms with Crippen molar-refractivity contribution < 1.29 is 4.79 Å². The summed E-state index contributed by atoms with van der Waals surface area (Å²) in [5.41, 5.74) is 3.34. The number of carbonyl (C=O) groups excluding carboxylic acids is 1. The maximum atomic E-state index is 11.9. The first-order valence-electron chi connectivity index (χ1n) is 6.56. The third-order valence-electron chi connectivity index (χ3n) is 2.97. The first kappa shape index (κ1) is 14.1. The first-order chi connectivity index (χ1) is 8.97. The predicted octanol–water partition coefficient (Wildman–Crippen LogP) is 3.52. The zero-order valence-corrected chi connectivity index (χ0v) is 12.8. The topological polar surface area (TPSA) is 32.7 Å². The Morgan fingerprint density at radius 1 is 1.37 bits per heavy atom. The Balaban J connectivity index is 2.28. The van der Waals surface area contributed by atoms with Crippen LogP contribution in [0.3, 0.4) is 0 Å². The molecule has 0 atom stereocenters. The van der Waals surface area contributed by atoms with E-state index in [-0.39, 0.29) is 5.91 Å². The highest BCUT2D eigenvalue weighted by Gasteiger charge is 2.28. The van der Waals surface area contributed by atoms with E-state index in [1.807, 2.05) is 11.0 Å². The maximum Gasteiger partial charge on any atom is 0.239 e. The van der Waals surface area contributed by atoms with Crippen molar-refractivity contribution in [1.82, 2.24) is 4.90 Å². The van der Waals surface area contributed by atoms with Gasteiger partial charge in [-0.05, 0) is 31.4 Å². The summed E-state index contributed by atoms with van der Waals surface area (Å²) in [5, 5.41) is 0.839. The van der Waals surface area contributed by atoms with Crippen LogP contribution in [-0.4, -0.2) is 28.3 Å². The number of amides is 1. The largest absolute Gasteiger partial charge is 0.290 e. The summed E-state index contributed by atoms with van der Waals surface area (Å²) in [6, 6.07) is 6.20. The van der Waals surface area contributed by atoms with Gasteiger partial charge >= 0.3 is 0 Å². The molecule has 1 aliphatic heterocycles. The number of hydrogen-bond donors (Lipinski definition) is 0. The average Bonchev–Trinajstić information content (AvgIpc) is 2.64. The molecule has 3 nitrogen and oxygen atoms in total. The molecule has 1 aromatic carbocycles. The molecular weight excluding hydrogens is 256 g/mol. The number of hydrogen-bond acceptors (Lipinski definition) is 3. The Labute approximate surface area is 119 Å². The Morgan fingerprint density at radius 3 is 2.74 bits per heavy atom. The molecule has 1 amide bonds. The molecule has 0 saturated carbocycles. The molecule has 0 bridgehead atoms. The second-order valence-corrected chi connectivity index (χ2v) is 6.31. The highest BCUT2D eigenvalue weighted by atomic mass is 32.2. The summed E-state index contributed by atoms with van der Waals surface area (Å²) in [5.74, 6) is 1.13. The lowest BCUT2D eigenvalue weighted by Crippen LogP contribution is -2.32. The SMILES string of the molecule is Cc1ccc(N=C2SCC(=O)N2CC(C)C)c(C)c1.